The molecule has 7 aromatic carbocycles. The van der Waals surface area contributed by atoms with Crippen LogP contribution in [0.2, 0.25) is 0 Å². The average molecular weight is 737 g/mol. The third-order valence-corrected chi connectivity index (χ3v) is 14.7. The van der Waals surface area contributed by atoms with Crippen LogP contribution in [0.15, 0.2) is 164 Å². The van der Waals surface area contributed by atoms with Crippen molar-refractivity contribution in [2.75, 3.05) is 4.90 Å². The number of hydrogen-bond acceptors (Lipinski definition) is 1. The van der Waals surface area contributed by atoms with Crippen LogP contribution in [-0.4, -0.2) is 4.57 Å². The van der Waals surface area contributed by atoms with Gasteiger partial charge in [-0.3, -0.25) is 0 Å². The quantitative estimate of drug-likeness (QED) is 0.165. The highest BCUT2D eigenvalue weighted by Gasteiger charge is 2.51. The number of rotatable bonds is 6. The summed E-state index contributed by atoms with van der Waals surface area (Å²) in [5, 5.41) is 2.53. The van der Waals surface area contributed by atoms with Gasteiger partial charge in [-0.2, -0.15) is 0 Å². The fourth-order valence-electron chi connectivity index (χ4n) is 12.5. The molecule has 5 aliphatic carbocycles. The molecule has 4 fully saturated rings. The first kappa shape index (κ1) is 33.3. The normalized spacial score (nSPS) is 22.5. The molecule has 0 unspecified atom stereocenters. The van der Waals surface area contributed by atoms with Crippen LogP contribution in [-0.2, 0) is 10.8 Å². The first-order valence-electron chi connectivity index (χ1n) is 21.3. The topological polar surface area (TPSA) is 8.17 Å². The third kappa shape index (κ3) is 5.09. The molecule has 8 aromatic rings. The number of nitrogens with zero attached hydrogens (tertiary/aromatic N) is 2. The average Bonchev–Trinajstić information content (AvgIpc) is 3.69. The predicted molar refractivity (Wildman–Crippen MR) is 238 cm³/mol. The van der Waals surface area contributed by atoms with Gasteiger partial charge < -0.3 is 9.47 Å². The predicted octanol–water partition coefficient (Wildman–Crippen LogP) is 14.7. The van der Waals surface area contributed by atoms with E-state index in [2.05, 4.69) is 187 Å². The first-order valence-corrected chi connectivity index (χ1v) is 21.3. The fourth-order valence-corrected chi connectivity index (χ4v) is 12.5. The molecule has 0 N–H and O–H groups in total. The summed E-state index contributed by atoms with van der Waals surface area (Å²) < 4.78 is 2.42. The molecule has 13 rings (SSSR count). The number of fused-ring (bicyclic) bond motifs is 6. The lowest BCUT2D eigenvalue weighted by Gasteiger charge is -2.57. The molecule has 57 heavy (non-hydrogen) atoms. The van der Waals surface area contributed by atoms with E-state index in [-0.39, 0.29) is 5.41 Å². The van der Waals surface area contributed by atoms with Crippen molar-refractivity contribution in [3.8, 4) is 27.9 Å². The number of benzene rings is 7. The van der Waals surface area contributed by atoms with Gasteiger partial charge in [-0.05, 0) is 155 Å². The molecule has 1 aromatic heterocycles. The van der Waals surface area contributed by atoms with Crippen LogP contribution in [0.4, 0.5) is 17.1 Å². The van der Waals surface area contributed by atoms with Crippen molar-refractivity contribution < 1.29 is 0 Å². The monoisotopic (exact) mass is 736 g/mol. The summed E-state index contributed by atoms with van der Waals surface area (Å²) in [6.45, 7) is 4.75. The Kier molecular flexibility index (Phi) is 7.20. The molecule has 2 heteroatoms. The van der Waals surface area contributed by atoms with E-state index >= 15 is 0 Å². The van der Waals surface area contributed by atoms with E-state index in [1.807, 2.05) is 0 Å². The van der Waals surface area contributed by atoms with Crippen LogP contribution in [0, 0.1) is 17.8 Å². The van der Waals surface area contributed by atoms with Gasteiger partial charge in [0.1, 0.15) is 0 Å². The molecule has 1 heterocycles. The van der Waals surface area contributed by atoms with E-state index < -0.39 is 0 Å². The van der Waals surface area contributed by atoms with E-state index in [0.717, 1.165) is 29.1 Å². The van der Waals surface area contributed by atoms with Crippen LogP contribution >= 0.6 is 0 Å². The van der Waals surface area contributed by atoms with Gasteiger partial charge in [0.2, 0.25) is 0 Å². The summed E-state index contributed by atoms with van der Waals surface area (Å²) >= 11 is 0. The molecular formula is C55H48N2. The highest BCUT2D eigenvalue weighted by Crippen LogP contribution is 2.61. The molecule has 4 saturated carbocycles. The third-order valence-electron chi connectivity index (χ3n) is 14.7. The Balaban J connectivity index is 0.971. The molecule has 2 nitrogen and oxygen atoms in total. The van der Waals surface area contributed by atoms with Gasteiger partial charge in [-0.25, -0.2) is 0 Å². The highest BCUT2D eigenvalue weighted by molar-refractivity contribution is 6.10. The minimum absolute atomic E-state index is 0.0938. The molecular weight excluding hydrogens is 689 g/mol. The van der Waals surface area contributed by atoms with Gasteiger partial charge in [-0.15, -0.1) is 0 Å². The molecule has 0 radical (unpaired) electrons. The Bertz CT molecular complexity index is 2800. The van der Waals surface area contributed by atoms with Gasteiger partial charge in [0.25, 0.3) is 0 Å². The summed E-state index contributed by atoms with van der Waals surface area (Å²) in [6.07, 6.45) is 8.69. The van der Waals surface area contributed by atoms with E-state index in [9.17, 15) is 0 Å². The van der Waals surface area contributed by atoms with Crippen LogP contribution in [0.3, 0.4) is 0 Å². The maximum Gasteiger partial charge on any atom is 0.0561 e. The number of anilines is 3. The molecule has 5 aliphatic rings. The van der Waals surface area contributed by atoms with Crippen molar-refractivity contribution in [2.45, 2.75) is 63.2 Å². The summed E-state index contributed by atoms with van der Waals surface area (Å²) in [5.74, 6) is 2.88. The van der Waals surface area contributed by atoms with Crippen molar-refractivity contribution in [3.05, 3.63) is 180 Å². The Morgan fingerprint density at radius 2 is 1.04 bits per heavy atom. The van der Waals surface area contributed by atoms with Gasteiger partial charge >= 0.3 is 0 Å². The van der Waals surface area contributed by atoms with Crippen molar-refractivity contribution in [1.29, 1.82) is 0 Å². The second-order valence-electron chi connectivity index (χ2n) is 18.4. The number of aromatic nitrogens is 1. The minimum atomic E-state index is -0.0938. The molecule has 4 bridgehead atoms. The molecule has 0 saturated heterocycles. The largest absolute Gasteiger partial charge is 0.310 e. The molecule has 0 aliphatic heterocycles. The summed E-state index contributed by atoms with van der Waals surface area (Å²) in [5.41, 5.74) is 17.0. The maximum atomic E-state index is 2.48. The van der Waals surface area contributed by atoms with Crippen LogP contribution in [0.5, 0.6) is 0 Å². The minimum Gasteiger partial charge on any atom is -0.310 e. The zero-order valence-electron chi connectivity index (χ0n) is 33.0. The van der Waals surface area contributed by atoms with Gasteiger partial charge in [-0.1, -0.05) is 123 Å². The second-order valence-corrected chi connectivity index (χ2v) is 18.4. The van der Waals surface area contributed by atoms with E-state index in [4.69, 9.17) is 0 Å². The van der Waals surface area contributed by atoms with E-state index in [0.29, 0.717) is 5.41 Å². The van der Waals surface area contributed by atoms with Crippen LogP contribution in [0.1, 0.15) is 69.1 Å². The molecule has 0 amide bonds. The van der Waals surface area contributed by atoms with Crippen LogP contribution in [0.25, 0.3) is 49.7 Å². The smallest absolute Gasteiger partial charge is 0.0561 e. The lowest BCUT2D eigenvalue weighted by Crippen LogP contribution is -2.48. The first-order chi connectivity index (χ1) is 27.9. The van der Waals surface area contributed by atoms with Crippen molar-refractivity contribution >= 4 is 38.9 Å². The van der Waals surface area contributed by atoms with Crippen molar-refractivity contribution in [3.63, 3.8) is 0 Å². The SMILES string of the molecule is CC1(C)c2ccccc2-c2ccc(N(c3ccc(-c4ccc(C56CC7CC(CC(C7)C5)C6)cc4)cc3)c3ccc4c5ccccc5n(-c5ccccc5)c4c3)cc21. The molecule has 278 valence electrons. The molecule has 0 atom stereocenters. The van der Waals surface area contributed by atoms with Crippen molar-refractivity contribution in [2.24, 2.45) is 17.8 Å². The second kappa shape index (κ2) is 12.3. The Morgan fingerprint density at radius 3 is 1.77 bits per heavy atom. The lowest BCUT2D eigenvalue weighted by atomic mass is 9.48. The Hall–Kier alpha value is -5.86. The maximum absolute atomic E-state index is 2.48. The Morgan fingerprint density at radius 1 is 0.474 bits per heavy atom. The Labute approximate surface area is 336 Å². The summed E-state index contributed by atoms with van der Waals surface area (Å²) in [4.78, 5) is 2.46. The number of para-hydroxylation sites is 2. The lowest BCUT2D eigenvalue weighted by molar-refractivity contribution is -0.00518. The summed E-state index contributed by atoms with van der Waals surface area (Å²) in [6, 6.07) is 61.8. The zero-order chi connectivity index (χ0) is 37.9. The summed E-state index contributed by atoms with van der Waals surface area (Å²) in [7, 11) is 0. The van der Waals surface area contributed by atoms with E-state index in [1.165, 1.54) is 105 Å². The van der Waals surface area contributed by atoms with E-state index in [1.54, 1.807) is 5.56 Å². The van der Waals surface area contributed by atoms with Crippen molar-refractivity contribution in [1.82, 2.24) is 4.57 Å². The van der Waals surface area contributed by atoms with Gasteiger partial charge in [0.15, 0.2) is 0 Å². The van der Waals surface area contributed by atoms with Crippen LogP contribution < -0.4 is 4.90 Å². The number of hydrogen-bond donors (Lipinski definition) is 0. The highest BCUT2D eigenvalue weighted by atomic mass is 15.1. The standard InChI is InChI=1S/C55H48N2/c1-54(2)50-14-8-6-12-46(50)47-26-24-44(31-51(47)54)56(45-25-27-49-48-13-7-9-15-52(48)57(53(49)32-45)42-10-4-3-5-11-42)43-22-18-40(19-23-43)39-16-20-41(21-17-39)55-33-36-28-37(34-55)30-38(29-36)35-55/h3-27,31-32,36-38H,28-30,33-35H2,1-2H3. The fraction of sp³-hybridized carbons (Fsp3) is 0.236. The molecule has 0 spiro atoms. The van der Waals surface area contributed by atoms with Gasteiger partial charge in [0, 0.05) is 38.9 Å². The van der Waals surface area contributed by atoms with Gasteiger partial charge in [0.05, 0.1) is 11.0 Å². The zero-order valence-corrected chi connectivity index (χ0v) is 33.0.